The van der Waals surface area contributed by atoms with Crippen molar-refractivity contribution in [1.29, 1.82) is 0 Å². The second-order valence-electron chi connectivity index (χ2n) is 4.30. The molecule has 1 saturated heterocycles. The van der Waals surface area contributed by atoms with E-state index in [1.165, 1.54) is 0 Å². The molecule has 1 amide bonds. The maximum atomic E-state index is 11.6. The summed E-state index contributed by atoms with van der Waals surface area (Å²) < 4.78 is 5.00. The molecule has 2 heterocycles. The Kier molecular flexibility index (Phi) is 4.43. The van der Waals surface area contributed by atoms with Crippen LogP contribution in [0.5, 0.6) is 0 Å². The minimum Gasteiger partial charge on any atom is -0.450 e. The van der Waals surface area contributed by atoms with E-state index in [0.29, 0.717) is 19.7 Å². The van der Waals surface area contributed by atoms with Crippen molar-refractivity contribution < 1.29 is 9.53 Å². The van der Waals surface area contributed by atoms with Crippen LogP contribution in [0.3, 0.4) is 0 Å². The SMILES string of the molecule is CCOC(=O)N1CCN(c2cccc(NC)n2)CC1. The van der Waals surface area contributed by atoms with Gasteiger partial charge in [-0.1, -0.05) is 6.07 Å². The second-order valence-corrected chi connectivity index (χ2v) is 4.30. The highest BCUT2D eigenvalue weighted by molar-refractivity contribution is 5.68. The summed E-state index contributed by atoms with van der Waals surface area (Å²) in [6, 6.07) is 5.89. The minimum absolute atomic E-state index is 0.223. The van der Waals surface area contributed by atoms with E-state index in [1.54, 1.807) is 4.90 Å². The van der Waals surface area contributed by atoms with Gasteiger partial charge in [-0.05, 0) is 19.1 Å². The van der Waals surface area contributed by atoms with Crippen LogP contribution in [-0.2, 0) is 4.74 Å². The molecule has 104 valence electrons. The highest BCUT2D eigenvalue weighted by atomic mass is 16.6. The number of hydrogen-bond acceptors (Lipinski definition) is 5. The van der Waals surface area contributed by atoms with Crippen molar-refractivity contribution in [3.8, 4) is 0 Å². The number of nitrogens with zero attached hydrogens (tertiary/aromatic N) is 3. The molecule has 0 aromatic carbocycles. The Morgan fingerprint density at radius 2 is 2.11 bits per heavy atom. The Labute approximate surface area is 113 Å². The lowest BCUT2D eigenvalue weighted by Crippen LogP contribution is -2.49. The molecule has 0 saturated carbocycles. The van der Waals surface area contributed by atoms with Gasteiger partial charge in [0, 0.05) is 33.2 Å². The third-order valence-electron chi connectivity index (χ3n) is 3.12. The van der Waals surface area contributed by atoms with Crippen molar-refractivity contribution in [1.82, 2.24) is 9.88 Å². The van der Waals surface area contributed by atoms with Crippen LogP contribution in [0.25, 0.3) is 0 Å². The molecule has 1 N–H and O–H groups in total. The predicted molar refractivity (Wildman–Crippen MR) is 74.6 cm³/mol. The molecule has 1 aromatic rings. The molecule has 0 atom stereocenters. The van der Waals surface area contributed by atoms with Crippen molar-refractivity contribution in [2.75, 3.05) is 50.1 Å². The van der Waals surface area contributed by atoms with Crippen LogP contribution < -0.4 is 10.2 Å². The molecule has 1 aromatic heterocycles. The van der Waals surface area contributed by atoms with Gasteiger partial charge in [-0.25, -0.2) is 9.78 Å². The van der Waals surface area contributed by atoms with E-state index in [4.69, 9.17) is 4.74 Å². The summed E-state index contributed by atoms with van der Waals surface area (Å²) in [7, 11) is 1.85. The molecule has 0 spiro atoms. The molecule has 0 unspecified atom stereocenters. The fourth-order valence-corrected chi connectivity index (χ4v) is 2.07. The van der Waals surface area contributed by atoms with Gasteiger partial charge in [0.05, 0.1) is 6.61 Å². The van der Waals surface area contributed by atoms with Gasteiger partial charge in [0.2, 0.25) is 0 Å². The maximum Gasteiger partial charge on any atom is 0.409 e. The van der Waals surface area contributed by atoms with Crippen LogP contribution >= 0.6 is 0 Å². The Morgan fingerprint density at radius 1 is 1.37 bits per heavy atom. The first-order chi connectivity index (χ1) is 9.24. The van der Waals surface area contributed by atoms with Crippen molar-refractivity contribution in [3.05, 3.63) is 18.2 Å². The Balaban J connectivity index is 1.94. The van der Waals surface area contributed by atoms with Crippen LogP contribution in [-0.4, -0.2) is 55.8 Å². The zero-order chi connectivity index (χ0) is 13.7. The smallest absolute Gasteiger partial charge is 0.409 e. The Hall–Kier alpha value is -1.98. The summed E-state index contributed by atoms with van der Waals surface area (Å²) in [5.41, 5.74) is 0. The topological polar surface area (TPSA) is 57.7 Å². The maximum absolute atomic E-state index is 11.6. The normalized spacial score (nSPS) is 15.3. The third-order valence-corrected chi connectivity index (χ3v) is 3.12. The molecule has 1 aliphatic rings. The van der Waals surface area contributed by atoms with E-state index in [2.05, 4.69) is 15.2 Å². The van der Waals surface area contributed by atoms with Crippen LogP contribution in [0.15, 0.2) is 18.2 Å². The number of ether oxygens (including phenoxy) is 1. The molecule has 1 aliphatic heterocycles. The molecular formula is C13H20N4O2. The summed E-state index contributed by atoms with van der Waals surface area (Å²) in [6.07, 6.45) is -0.223. The number of rotatable bonds is 3. The van der Waals surface area contributed by atoms with Gasteiger partial charge >= 0.3 is 6.09 Å². The highest BCUT2D eigenvalue weighted by Gasteiger charge is 2.22. The van der Waals surface area contributed by atoms with Crippen molar-refractivity contribution >= 4 is 17.7 Å². The minimum atomic E-state index is -0.223. The Morgan fingerprint density at radius 3 is 2.74 bits per heavy atom. The van der Waals surface area contributed by atoms with Gasteiger partial charge in [0.25, 0.3) is 0 Å². The first-order valence-electron chi connectivity index (χ1n) is 6.56. The lowest BCUT2D eigenvalue weighted by Gasteiger charge is -2.34. The van der Waals surface area contributed by atoms with Crippen LogP contribution in [0.4, 0.5) is 16.4 Å². The predicted octanol–water partition coefficient (Wildman–Crippen LogP) is 1.40. The molecule has 2 rings (SSSR count). The highest BCUT2D eigenvalue weighted by Crippen LogP contribution is 2.16. The van der Waals surface area contributed by atoms with Crippen LogP contribution in [0.2, 0.25) is 0 Å². The molecule has 0 radical (unpaired) electrons. The summed E-state index contributed by atoms with van der Waals surface area (Å²) >= 11 is 0. The van der Waals surface area contributed by atoms with Gasteiger partial charge < -0.3 is 19.9 Å². The van der Waals surface area contributed by atoms with E-state index in [9.17, 15) is 4.79 Å². The molecule has 0 bridgehead atoms. The quantitative estimate of drug-likeness (QED) is 0.894. The molecular weight excluding hydrogens is 244 g/mol. The van der Waals surface area contributed by atoms with Crippen molar-refractivity contribution in [2.24, 2.45) is 0 Å². The van der Waals surface area contributed by atoms with Gasteiger partial charge in [-0.2, -0.15) is 0 Å². The lowest BCUT2D eigenvalue weighted by molar-refractivity contribution is 0.105. The lowest BCUT2D eigenvalue weighted by atomic mass is 10.3. The van der Waals surface area contributed by atoms with E-state index in [0.717, 1.165) is 24.7 Å². The largest absolute Gasteiger partial charge is 0.450 e. The summed E-state index contributed by atoms with van der Waals surface area (Å²) in [5.74, 6) is 1.79. The molecule has 19 heavy (non-hydrogen) atoms. The number of anilines is 2. The van der Waals surface area contributed by atoms with Gasteiger partial charge in [-0.3, -0.25) is 0 Å². The van der Waals surface area contributed by atoms with E-state index >= 15 is 0 Å². The second kappa shape index (κ2) is 6.26. The number of pyridine rings is 1. The summed E-state index contributed by atoms with van der Waals surface area (Å²) in [5, 5.41) is 3.03. The van der Waals surface area contributed by atoms with Crippen molar-refractivity contribution in [3.63, 3.8) is 0 Å². The number of carbonyl (C=O) groups is 1. The number of carbonyl (C=O) groups excluding carboxylic acids is 1. The van der Waals surface area contributed by atoms with Crippen molar-refractivity contribution in [2.45, 2.75) is 6.92 Å². The first-order valence-corrected chi connectivity index (χ1v) is 6.56. The molecule has 0 aliphatic carbocycles. The van der Waals surface area contributed by atoms with Gasteiger partial charge in [0.15, 0.2) is 0 Å². The van der Waals surface area contributed by atoms with Gasteiger partial charge in [0.1, 0.15) is 11.6 Å². The van der Waals surface area contributed by atoms with Gasteiger partial charge in [-0.15, -0.1) is 0 Å². The standard InChI is InChI=1S/C13H20N4O2/c1-3-19-13(18)17-9-7-16(8-10-17)12-6-4-5-11(14-2)15-12/h4-6H,3,7-10H2,1-2H3,(H,14,15). The monoisotopic (exact) mass is 264 g/mol. The van der Waals surface area contributed by atoms with Crippen LogP contribution in [0, 0.1) is 0 Å². The Bertz CT molecular complexity index is 430. The number of aromatic nitrogens is 1. The van der Waals surface area contributed by atoms with E-state index < -0.39 is 0 Å². The average molecular weight is 264 g/mol. The third kappa shape index (κ3) is 3.27. The number of nitrogens with one attached hydrogen (secondary N) is 1. The number of piperazine rings is 1. The fourth-order valence-electron chi connectivity index (χ4n) is 2.07. The van der Waals surface area contributed by atoms with Crippen LogP contribution in [0.1, 0.15) is 6.92 Å². The fraction of sp³-hybridized carbons (Fsp3) is 0.538. The summed E-state index contributed by atoms with van der Waals surface area (Å²) in [4.78, 5) is 20.0. The molecule has 6 heteroatoms. The number of amides is 1. The van der Waals surface area contributed by atoms with E-state index in [-0.39, 0.29) is 6.09 Å². The zero-order valence-electron chi connectivity index (χ0n) is 11.4. The number of hydrogen-bond donors (Lipinski definition) is 1. The molecule has 1 fully saturated rings. The molecule has 6 nitrogen and oxygen atoms in total. The first kappa shape index (κ1) is 13.5. The van der Waals surface area contributed by atoms with E-state index in [1.807, 2.05) is 32.2 Å². The average Bonchev–Trinajstić information content (AvgIpc) is 2.48. The zero-order valence-corrected chi connectivity index (χ0v) is 11.4. The summed E-state index contributed by atoms with van der Waals surface area (Å²) in [6.45, 7) is 5.14.